The molecule has 0 saturated carbocycles. The quantitative estimate of drug-likeness (QED) is 0.817. The molecule has 1 atom stereocenters. The van der Waals surface area contributed by atoms with Gasteiger partial charge in [0.05, 0.1) is 0 Å². The molecule has 0 amide bonds. The van der Waals surface area contributed by atoms with Crippen LogP contribution in [-0.2, 0) is 0 Å². The summed E-state index contributed by atoms with van der Waals surface area (Å²) in [6.07, 6.45) is 1.19. The Balaban J connectivity index is 2.73. The fourth-order valence-corrected chi connectivity index (χ4v) is 1.76. The molecule has 1 unspecified atom stereocenters. The van der Waals surface area contributed by atoms with Crippen LogP contribution in [-0.4, -0.2) is 6.54 Å². The molecule has 0 aliphatic carbocycles. The second-order valence-corrected chi connectivity index (χ2v) is 4.94. The second-order valence-electron chi connectivity index (χ2n) is 4.08. The molecular weight excluding hydrogens is 252 g/mol. The summed E-state index contributed by atoms with van der Waals surface area (Å²) in [5.74, 6) is 0.690. The molecule has 0 fully saturated rings. The van der Waals surface area contributed by atoms with Crippen LogP contribution in [0, 0.1) is 12.8 Å². The number of rotatable bonds is 4. The molecule has 0 spiro atoms. The molecule has 1 aromatic rings. The topological polar surface area (TPSA) is 38.0 Å². The molecule has 3 heteroatoms. The number of benzene rings is 1. The van der Waals surface area contributed by atoms with Crippen LogP contribution in [0.1, 0.15) is 25.8 Å². The normalized spacial score (nSPS) is 12.5. The van der Waals surface area contributed by atoms with E-state index < -0.39 is 0 Å². The number of nitrogens with two attached hydrogens (primary N) is 1. The van der Waals surface area contributed by atoms with E-state index in [9.17, 15) is 0 Å². The van der Waals surface area contributed by atoms with Gasteiger partial charge in [0.2, 0.25) is 0 Å². The maximum atomic E-state index is 5.81. The maximum Gasteiger partial charge on any atom is 0.0488 e. The minimum atomic E-state index is 0.690. The Morgan fingerprint density at radius 2 is 2.13 bits per heavy atom. The van der Waals surface area contributed by atoms with Gasteiger partial charge in [-0.1, -0.05) is 20.3 Å². The van der Waals surface area contributed by atoms with Crippen LogP contribution in [0.15, 0.2) is 16.6 Å². The standard InChI is InChI=1S/C12H19BrN2/c1-4-8(2)7-15-12-5-9(3)11(14)6-10(12)13/h5-6,8,15H,4,7,14H2,1-3H3. The van der Waals surface area contributed by atoms with Crippen molar-refractivity contribution in [2.24, 2.45) is 5.92 Å². The molecule has 84 valence electrons. The van der Waals surface area contributed by atoms with Crippen molar-refractivity contribution < 1.29 is 0 Å². The van der Waals surface area contributed by atoms with Crippen LogP contribution in [0.2, 0.25) is 0 Å². The Hall–Kier alpha value is -0.700. The summed E-state index contributed by atoms with van der Waals surface area (Å²) in [6.45, 7) is 7.47. The summed E-state index contributed by atoms with van der Waals surface area (Å²) in [4.78, 5) is 0. The molecular formula is C12H19BrN2. The zero-order valence-electron chi connectivity index (χ0n) is 9.60. The monoisotopic (exact) mass is 270 g/mol. The van der Waals surface area contributed by atoms with Crippen LogP contribution in [0.3, 0.4) is 0 Å². The Kier molecular flexibility index (Phi) is 4.45. The maximum absolute atomic E-state index is 5.81. The third-order valence-corrected chi connectivity index (χ3v) is 3.35. The highest BCUT2D eigenvalue weighted by atomic mass is 79.9. The van der Waals surface area contributed by atoms with Crippen LogP contribution in [0.5, 0.6) is 0 Å². The van der Waals surface area contributed by atoms with Gasteiger partial charge in [0.15, 0.2) is 0 Å². The van der Waals surface area contributed by atoms with Gasteiger partial charge >= 0.3 is 0 Å². The Bertz CT molecular complexity index is 337. The zero-order valence-corrected chi connectivity index (χ0v) is 11.2. The van der Waals surface area contributed by atoms with E-state index in [1.807, 2.05) is 13.0 Å². The second kappa shape index (κ2) is 5.40. The number of aryl methyl sites for hydroxylation is 1. The average Bonchev–Trinajstić information content (AvgIpc) is 2.21. The van der Waals surface area contributed by atoms with Gasteiger partial charge in [-0.25, -0.2) is 0 Å². The first-order valence-electron chi connectivity index (χ1n) is 5.34. The molecule has 1 aromatic carbocycles. The summed E-state index contributed by atoms with van der Waals surface area (Å²) in [5.41, 5.74) is 8.89. The lowest BCUT2D eigenvalue weighted by Crippen LogP contribution is -2.10. The molecule has 15 heavy (non-hydrogen) atoms. The average molecular weight is 271 g/mol. The van der Waals surface area contributed by atoms with Gasteiger partial charge in [-0.15, -0.1) is 0 Å². The largest absolute Gasteiger partial charge is 0.398 e. The predicted molar refractivity (Wildman–Crippen MR) is 71.2 cm³/mol. The van der Waals surface area contributed by atoms with Gasteiger partial charge in [-0.3, -0.25) is 0 Å². The number of hydrogen-bond acceptors (Lipinski definition) is 2. The van der Waals surface area contributed by atoms with Crippen molar-refractivity contribution in [2.75, 3.05) is 17.6 Å². The minimum Gasteiger partial charge on any atom is -0.398 e. The fourth-order valence-electron chi connectivity index (χ4n) is 1.26. The van der Waals surface area contributed by atoms with Crippen molar-refractivity contribution in [3.05, 3.63) is 22.2 Å². The van der Waals surface area contributed by atoms with Gasteiger partial charge in [0, 0.05) is 22.4 Å². The van der Waals surface area contributed by atoms with Crippen molar-refractivity contribution >= 4 is 27.3 Å². The third-order valence-electron chi connectivity index (χ3n) is 2.69. The SMILES string of the molecule is CCC(C)CNc1cc(C)c(N)cc1Br. The minimum absolute atomic E-state index is 0.690. The van der Waals surface area contributed by atoms with E-state index in [0.29, 0.717) is 5.92 Å². The van der Waals surface area contributed by atoms with E-state index in [4.69, 9.17) is 5.73 Å². The lowest BCUT2D eigenvalue weighted by molar-refractivity contribution is 0.593. The number of nitrogen functional groups attached to an aromatic ring is 1. The highest BCUT2D eigenvalue weighted by molar-refractivity contribution is 9.10. The summed E-state index contributed by atoms with van der Waals surface area (Å²) >= 11 is 3.51. The van der Waals surface area contributed by atoms with Crippen LogP contribution in [0.4, 0.5) is 11.4 Å². The van der Waals surface area contributed by atoms with Crippen molar-refractivity contribution in [2.45, 2.75) is 27.2 Å². The lowest BCUT2D eigenvalue weighted by atomic mass is 10.1. The molecule has 0 aromatic heterocycles. The molecule has 2 nitrogen and oxygen atoms in total. The van der Waals surface area contributed by atoms with E-state index >= 15 is 0 Å². The molecule has 0 bridgehead atoms. The van der Waals surface area contributed by atoms with Crippen molar-refractivity contribution in [1.29, 1.82) is 0 Å². The summed E-state index contributed by atoms with van der Waals surface area (Å²) in [7, 11) is 0. The molecule has 0 radical (unpaired) electrons. The van der Waals surface area contributed by atoms with Gasteiger partial charge in [-0.2, -0.15) is 0 Å². The van der Waals surface area contributed by atoms with Crippen molar-refractivity contribution in [3.8, 4) is 0 Å². The molecule has 0 aliphatic rings. The lowest BCUT2D eigenvalue weighted by Gasteiger charge is -2.14. The van der Waals surface area contributed by atoms with Crippen molar-refractivity contribution in [1.82, 2.24) is 0 Å². The van der Waals surface area contributed by atoms with Crippen LogP contribution in [0.25, 0.3) is 0 Å². The highest BCUT2D eigenvalue weighted by Crippen LogP contribution is 2.27. The fraction of sp³-hybridized carbons (Fsp3) is 0.500. The first kappa shape index (κ1) is 12.4. The molecule has 0 aliphatic heterocycles. The van der Waals surface area contributed by atoms with Gasteiger partial charge < -0.3 is 11.1 Å². The molecule has 3 N–H and O–H groups in total. The summed E-state index contributed by atoms with van der Waals surface area (Å²) < 4.78 is 1.04. The number of nitrogens with one attached hydrogen (secondary N) is 1. The zero-order chi connectivity index (χ0) is 11.4. The Labute approximate surface area is 100 Å². The molecule has 1 rings (SSSR count). The van der Waals surface area contributed by atoms with E-state index in [0.717, 1.165) is 28.0 Å². The van der Waals surface area contributed by atoms with E-state index in [-0.39, 0.29) is 0 Å². The number of hydrogen-bond donors (Lipinski definition) is 2. The summed E-state index contributed by atoms with van der Waals surface area (Å²) in [5, 5.41) is 3.43. The van der Waals surface area contributed by atoms with Gasteiger partial charge in [0.1, 0.15) is 0 Å². The third kappa shape index (κ3) is 3.42. The van der Waals surface area contributed by atoms with Crippen LogP contribution >= 0.6 is 15.9 Å². The Morgan fingerprint density at radius 1 is 1.47 bits per heavy atom. The van der Waals surface area contributed by atoms with Crippen LogP contribution < -0.4 is 11.1 Å². The van der Waals surface area contributed by atoms with E-state index in [1.165, 1.54) is 6.42 Å². The first-order chi connectivity index (χ1) is 7.04. The van der Waals surface area contributed by atoms with E-state index in [2.05, 4.69) is 41.2 Å². The first-order valence-corrected chi connectivity index (χ1v) is 6.13. The number of anilines is 2. The summed E-state index contributed by atoms with van der Waals surface area (Å²) in [6, 6.07) is 4.04. The van der Waals surface area contributed by atoms with Gasteiger partial charge in [-0.05, 0) is 46.5 Å². The number of halogens is 1. The predicted octanol–water partition coefficient (Wildman–Crippen LogP) is 3.80. The van der Waals surface area contributed by atoms with Crippen molar-refractivity contribution in [3.63, 3.8) is 0 Å². The highest BCUT2D eigenvalue weighted by Gasteiger charge is 2.04. The smallest absolute Gasteiger partial charge is 0.0488 e. The Morgan fingerprint density at radius 3 is 2.73 bits per heavy atom. The van der Waals surface area contributed by atoms with E-state index in [1.54, 1.807) is 0 Å². The molecule has 0 saturated heterocycles. The molecule has 0 heterocycles. The van der Waals surface area contributed by atoms with Gasteiger partial charge in [0.25, 0.3) is 0 Å².